The normalized spacial score (nSPS) is 18.8. The highest BCUT2D eigenvalue weighted by Gasteiger charge is 2.47. The number of allylic oxidation sites excluding steroid dienone is 4. The first kappa shape index (κ1) is 25.0. The number of benzene rings is 1. The number of amides is 1. The zero-order valence-corrected chi connectivity index (χ0v) is 18.9. The highest BCUT2D eigenvalue weighted by Crippen LogP contribution is 2.38. The highest BCUT2D eigenvalue weighted by atomic mass is 32.2. The summed E-state index contributed by atoms with van der Waals surface area (Å²) in [5.41, 5.74) is 0.904. The van der Waals surface area contributed by atoms with Crippen LogP contribution in [0.1, 0.15) is 39.2 Å². The number of nitrogens with zero attached hydrogens (tertiary/aromatic N) is 1. The van der Waals surface area contributed by atoms with Gasteiger partial charge in [0.15, 0.2) is 9.84 Å². The van der Waals surface area contributed by atoms with Gasteiger partial charge >= 0.3 is 6.18 Å². The lowest BCUT2D eigenvalue weighted by Gasteiger charge is -2.31. The minimum atomic E-state index is -4.34. The molecule has 0 bridgehead atoms. The van der Waals surface area contributed by atoms with Crippen molar-refractivity contribution in [2.24, 2.45) is 5.92 Å². The molecular formula is C22H28F3NO4S. The third-order valence-electron chi connectivity index (χ3n) is 5.66. The van der Waals surface area contributed by atoms with E-state index in [2.05, 4.69) is 0 Å². The van der Waals surface area contributed by atoms with Gasteiger partial charge in [0.1, 0.15) is 5.75 Å². The van der Waals surface area contributed by atoms with Gasteiger partial charge in [-0.2, -0.15) is 13.2 Å². The molecule has 1 aliphatic rings. The van der Waals surface area contributed by atoms with Crippen molar-refractivity contribution in [3.05, 3.63) is 53.0 Å². The van der Waals surface area contributed by atoms with Gasteiger partial charge in [-0.25, -0.2) is 8.42 Å². The summed E-state index contributed by atoms with van der Waals surface area (Å²) in [6.45, 7) is 5.14. The van der Waals surface area contributed by atoms with Crippen LogP contribution in [0.5, 0.6) is 5.75 Å². The number of alkyl halides is 3. The maximum atomic E-state index is 13.1. The molecule has 0 radical (unpaired) electrons. The highest BCUT2D eigenvalue weighted by molar-refractivity contribution is 7.96. The molecule has 0 spiro atoms. The van der Waals surface area contributed by atoms with E-state index < -0.39 is 33.1 Å². The van der Waals surface area contributed by atoms with Gasteiger partial charge in [0, 0.05) is 30.3 Å². The summed E-state index contributed by atoms with van der Waals surface area (Å²) in [6.07, 6.45) is -2.21. The fourth-order valence-corrected chi connectivity index (χ4v) is 5.16. The van der Waals surface area contributed by atoms with Gasteiger partial charge in [-0.1, -0.05) is 24.3 Å². The fraction of sp³-hybridized carbons (Fsp3) is 0.500. The van der Waals surface area contributed by atoms with Crippen LogP contribution < -0.4 is 4.74 Å². The number of sulfone groups is 1. The lowest BCUT2D eigenvalue weighted by atomic mass is 9.94. The van der Waals surface area contributed by atoms with Crippen molar-refractivity contribution in [3.63, 3.8) is 0 Å². The Morgan fingerprint density at radius 1 is 1.23 bits per heavy atom. The number of ether oxygens (including phenoxy) is 1. The standard InChI is InChI=1S/C22H28F3NO4S/c1-16(7-5-6-12-22(23,24)25)31(28,29)21(2,3)18-13-20(27)26(15-18)14-17-8-10-19(30-4)11-9-17/h5-11,18H,12-15H2,1-4H3/b6-5-,16-7+. The zero-order chi connectivity index (χ0) is 23.4. The van der Waals surface area contributed by atoms with Crippen LogP contribution in [0, 0.1) is 5.92 Å². The van der Waals surface area contributed by atoms with Crippen LogP contribution in [0.15, 0.2) is 47.4 Å². The summed E-state index contributed by atoms with van der Waals surface area (Å²) in [5.74, 6) is 0.134. The molecule has 31 heavy (non-hydrogen) atoms. The third kappa shape index (κ3) is 6.12. The van der Waals surface area contributed by atoms with Gasteiger partial charge in [0.2, 0.25) is 5.91 Å². The van der Waals surface area contributed by atoms with Crippen molar-refractivity contribution in [2.45, 2.75) is 51.1 Å². The Hall–Kier alpha value is -2.29. The van der Waals surface area contributed by atoms with Crippen molar-refractivity contribution in [3.8, 4) is 5.75 Å². The molecule has 2 rings (SSSR count). The number of likely N-dealkylation sites (tertiary alicyclic amines) is 1. The van der Waals surface area contributed by atoms with Crippen molar-refractivity contribution < 1.29 is 31.1 Å². The maximum absolute atomic E-state index is 13.1. The molecule has 1 heterocycles. The predicted octanol–water partition coefficient (Wildman–Crippen LogP) is 4.65. The number of halogens is 3. The van der Waals surface area contributed by atoms with Gasteiger partial charge in [0.05, 0.1) is 18.3 Å². The van der Waals surface area contributed by atoms with Crippen molar-refractivity contribution in [2.75, 3.05) is 13.7 Å². The van der Waals surface area contributed by atoms with E-state index in [0.29, 0.717) is 12.3 Å². The van der Waals surface area contributed by atoms with Gasteiger partial charge in [-0.15, -0.1) is 0 Å². The summed E-state index contributed by atoms with van der Waals surface area (Å²) >= 11 is 0. The molecule has 0 N–H and O–H groups in total. The molecule has 1 unspecified atom stereocenters. The van der Waals surface area contributed by atoms with Crippen molar-refractivity contribution in [1.29, 1.82) is 0 Å². The quantitative estimate of drug-likeness (QED) is 0.531. The van der Waals surface area contributed by atoms with Crippen LogP contribution in [-0.2, 0) is 21.2 Å². The second-order valence-electron chi connectivity index (χ2n) is 8.16. The summed E-state index contributed by atoms with van der Waals surface area (Å²) in [5, 5.41) is 0. The molecule has 5 nitrogen and oxygen atoms in total. The van der Waals surface area contributed by atoms with Gasteiger partial charge in [0.25, 0.3) is 0 Å². The molecule has 1 saturated heterocycles. The van der Waals surface area contributed by atoms with E-state index in [4.69, 9.17) is 4.74 Å². The van der Waals surface area contributed by atoms with Gasteiger partial charge in [-0.05, 0) is 44.5 Å². The first-order valence-corrected chi connectivity index (χ1v) is 11.3. The molecule has 1 atom stereocenters. The van der Waals surface area contributed by atoms with Crippen molar-refractivity contribution in [1.82, 2.24) is 4.90 Å². The van der Waals surface area contributed by atoms with E-state index in [1.54, 1.807) is 38.0 Å². The molecule has 1 aliphatic heterocycles. The number of methoxy groups -OCH3 is 1. The van der Waals surface area contributed by atoms with Crippen LogP contribution in [0.25, 0.3) is 0 Å². The zero-order valence-electron chi connectivity index (χ0n) is 18.1. The smallest absolute Gasteiger partial charge is 0.392 e. The molecule has 0 saturated carbocycles. The van der Waals surface area contributed by atoms with Crippen LogP contribution in [0.4, 0.5) is 13.2 Å². The molecule has 1 aromatic rings. The number of carbonyl (C=O) groups excluding carboxylic acids is 1. The SMILES string of the molecule is COc1ccc(CN2CC(C(C)(C)S(=O)(=O)/C(C)=C/C=C\CC(F)(F)F)CC2=O)cc1. The van der Waals surface area contributed by atoms with Crippen LogP contribution in [-0.4, -0.2) is 43.8 Å². The largest absolute Gasteiger partial charge is 0.497 e. The minimum absolute atomic E-state index is 0.0306. The molecular weight excluding hydrogens is 431 g/mol. The summed E-state index contributed by atoms with van der Waals surface area (Å²) in [7, 11) is -2.27. The van der Waals surface area contributed by atoms with Crippen LogP contribution in [0.2, 0.25) is 0 Å². The van der Waals surface area contributed by atoms with E-state index in [1.165, 1.54) is 13.0 Å². The number of hydrogen-bond acceptors (Lipinski definition) is 4. The molecule has 9 heteroatoms. The molecule has 1 fully saturated rings. The lowest BCUT2D eigenvalue weighted by Crippen LogP contribution is -2.41. The van der Waals surface area contributed by atoms with E-state index in [9.17, 15) is 26.4 Å². The third-order valence-corrected chi connectivity index (χ3v) is 8.37. The number of carbonyl (C=O) groups is 1. The average Bonchev–Trinajstić information content (AvgIpc) is 3.05. The maximum Gasteiger partial charge on any atom is 0.392 e. The second-order valence-corrected chi connectivity index (χ2v) is 10.9. The predicted molar refractivity (Wildman–Crippen MR) is 113 cm³/mol. The minimum Gasteiger partial charge on any atom is -0.497 e. The second kappa shape index (κ2) is 9.46. The molecule has 0 aliphatic carbocycles. The Balaban J connectivity index is 2.12. The fourth-order valence-electron chi connectivity index (χ4n) is 3.47. The molecule has 0 aromatic heterocycles. The van der Waals surface area contributed by atoms with Gasteiger partial charge < -0.3 is 9.64 Å². The summed E-state index contributed by atoms with van der Waals surface area (Å²) in [4.78, 5) is 14.1. The average molecular weight is 460 g/mol. The monoisotopic (exact) mass is 459 g/mol. The van der Waals surface area contributed by atoms with Gasteiger partial charge in [-0.3, -0.25) is 4.79 Å². The lowest BCUT2D eigenvalue weighted by molar-refractivity contribution is -0.128. The van der Waals surface area contributed by atoms with E-state index in [1.807, 2.05) is 12.1 Å². The van der Waals surface area contributed by atoms with E-state index in [0.717, 1.165) is 17.7 Å². The Kier molecular flexibility index (Phi) is 7.62. The topological polar surface area (TPSA) is 63.7 Å². The molecule has 172 valence electrons. The number of rotatable bonds is 8. The van der Waals surface area contributed by atoms with Crippen LogP contribution >= 0.6 is 0 Å². The number of hydrogen-bond donors (Lipinski definition) is 0. The molecule has 1 aromatic carbocycles. The summed E-state index contributed by atoms with van der Waals surface area (Å²) < 4.78 is 66.8. The van der Waals surface area contributed by atoms with E-state index in [-0.39, 0.29) is 23.8 Å². The first-order valence-electron chi connectivity index (χ1n) is 9.83. The Bertz CT molecular complexity index is 948. The van der Waals surface area contributed by atoms with E-state index >= 15 is 0 Å². The summed E-state index contributed by atoms with van der Waals surface area (Å²) in [6, 6.07) is 7.29. The van der Waals surface area contributed by atoms with Crippen LogP contribution in [0.3, 0.4) is 0 Å². The Morgan fingerprint density at radius 2 is 1.84 bits per heavy atom. The Labute approximate surface area is 181 Å². The first-order chi connectivity index (χ1) is 14.3. The Morgan fingerprint density at radius 3 is 2.39 bits per heavy atom. The molecule has 1 amide bonds. The van der Waals surface area contributed by atoms with Crippen molar-refractivity contribution >= 4 is 15.7 Å².